The van der Waals surface area contributed by atoms with Gasteiger partial charge in [0.1, 0.15) is 11.8 Å². The highest BCUT2D eigenvalue weighted by Gasteiger charge is 2.31. The van der Waals surface area contributed by atoms with Gasteiger partial charge >= 0.3 is 0 Å². The third kappa shape index (κ3) is 2.00. The lowest BCUT2D eigenvalue weighted by atomic mass is 9.98. The molecule has 2 aromatic rings. The third-order valence-corrected chi connectivity index (χ3v) is 3.68. The molecule has 1 aromatic heterocycles. The molecule has 0 bridgehead atoms. The predicted octanol–water partition coefficient (Wildman–Crippen LogP) is 2.53. The first-order valence-electron chi connectivity index (χ1n) is 6.07. The molecule has 0 saturated carbocycles. The number of nitrogens with zero attached hydrogens (tertiary/aromatic N) is 5. The number of rotatable bonds is 2. The molecule has 1 atom stereocenters. The number of thioether (sulfide) groups is 1. The summed E-state index contributed by atoms with van der Waals surface area (Å²) in [5.74, 6) is 0.535. The van der Waals surface area contributed by atoms with Crippen LogP contribution >= 0.6 is 11.8 Å². The topological polar surface area (TPSA) is 75.7 Å². The van der Waals surface area contributed by atoms with Crippen LogP contribution in [0.5, 0.6) is 0 Å². The summed E-state index contributed by atoms with van der Waals surface area (Å²) in [5, 5.41) is 17.8. The minimum Gasteiger partial charge on any atom is -0.411 e. The monoisotopic (exact) mass is 287 g/mol. The summed E-state index contributed by atoms with van der Waals surface area (Å²) in [4.78, 5) is 8.70. The molecule has 20 heavy (non-hydrogen) atoms. The van der Waals surface area contributed by atoms with Crippen molar-refractivity contribution in [2.45, 2.75) is 18.1 Å². The van der Waals surface area contributed by atoms with Crippen molar-refractivity contribution in [1.82, 2.24) is 14.8 Å². The van der Waals surface area contributed by atoms with E-state index in [4.69, 9.17) is 0 Å². The van der Waals surface area contributed by atoms with Crippen LogP contribution in [0.2, 0.25) is 0 Å². The van der Waals surface area contributed by atoms with Gasteiger partial charge in [0, 0.05) is 0 Å². The van der Waals surface area contributed by atoms with Gasteiger partial charge in [-0.25, -0.2) is 9.67 Å². The maximum atomic E-state index is 9.32. The van der Waals surface area contributed by atoms with Crippen LogP contribution in [0.3, 0.4) is 0 Å². The zero-order chi connectivity index (χ0) is 14.1. The Hall–Kier alpha value is -2.15. The van der Waals surface area contributed by atoms with E-state index in [0.29, 0.717) is 22.5 Å². The molecule has 1 aliphatic heterocycles. The van der Waals surface area contributed by atoms with Crippen LogP contribution in [0, 0.1) is 0 Å². The molecular weight excluding hydrogens is 274 g/mol. The Labute approximate surface area is 120 Å². The molecule has 1 unspecified atom stereocenters. The quantitative estimate of drug-likeness (QED) is 0.523. The Balaban J connectivity index is 2.20. The molecule has 6 nitrogen and oxygen atoms in total. The zero-order valence-electron chi connectivity index (χ0n) is 11.1. The second-order valence-corrected chi connectivity index (χ2v) is 5.11. The summed E-state index contributed by atoms with van der Waals surface area (Å²) in [7, 11) is 0. The van der Waals surface area contributed by atoms with Gasteiger partial charge in [-0.3, -0.25) is 0 Å². The lowest BCUT2D eigenvalue weighted by Crippen LogP contribution is -2.30. The van der Waals surface area contributed by atoms with Gasteiger partial charge in [-0.05, 0) is 18.7 Å². The van der Waals surface area contributed by atoms with Gasteiger partial charge in [0.15, 0.2) is 0 Å². The first-order chi connectivity index (χ1) is 9.74. The second-order valence-electron chi connectivity index (χ2n) is 4.34. The van der Waals surface area contributed by atoms with Crippen molar-refractivity contribution in [2.75, 3.05) is 6.26 Å². The van der Waals surface area contributed by atoms with Crippen LogP contribution in [0.15, 0.2) is 45.6 Å². The average Bonchev–Trinajstić information content (AvgIpc) is 2.89. The van der Waals surface area contributed by atoms with E-state index in [1.165, 1.54) is 11.8 Å². The van der Waals surface area contributed by atoms with Crippen LogP contribution in [0.25, 0.3) is 0 Å². The molecule has 1 aromatic carbocycles. The normalized spacial score (nSPS) is 19.8. The van der Waals surface area contributed by atoms with Crippen LogP contribution in [0.1, 0.15) is 18.5 Å². The highest BCUT2D eigenvalue weighted by atomic mass is 32.2. The van der Waals surface area contributed by atoms with Gasteiger partial charge < -0.3 is 5.21 Å². The van der Waals surface area contributed by atoms with Gasteiger partial charge in [0.05, 0.1) is 5.71 Å². The third-order valence-electron chi connectivity index (χ3n) is 3.14. The number of fused-ring (bicyclic) bond motifs is 1. The summed E-state index contributed by atoms with van der Waals surface area (Å²) >= 11 is 1.45. The smallest absolute Gasteiger partial charge is 0.250 e. The molecule has 3 rings (SSSR count). The van der Waals surface area contributed by atoms with E-state index in [2.05, 4.69) is 20.2 Å². The van der Waals surface area contributed by atoms with E-state index in [0.717, 1.165) is 5.56 Å². The first kappa shape index (κ1) is 12.9. The van der Waals surface area contributed by atoms with E-state index >= 15 is 0 Å². The van der Waals surface area contributed by atoms with Crippen molar-refractivity contribution in [3.63, 3.8) is 0 Å². The fraction of sp³-hybridized carbons (Fsp3) is 0.231. The molecule has 0 amide bonds. The highest BCUT2D eigenvalue weighted by Crippen LogP contribution is 2.30. The van der Waals surface area contributed by atoms with E-state index in [1.807, 2.05) is 43.5 Å². The van der Waals surface area contributed by atoms with Crippen LogP contribution in [-0.4, -0.2) is 37.7 Å². The molecule has 0 radical (unpaired) electrons. The Morgan fingerprint density at radius 3 is 2.70 bits per heavy atom. The predicted molar refractivity (Wildman–Crippen MR) is 78.4 cm³/mol. The minimum atomic E-state index is -0.304. The molecule has 1 aliphatic rings. The molecule has 0 spiro atoms. The lowest BCUT2D eigenvalue weighted by molar-refractivity contribution is 0.316. The van der Waals surface area contributed by atoms with Crippen molar-refractivity contribution in [2.24, 2.45) is 10.1 Å². The average molecular weight is 287 g/mol. The summed E-state index contributed by atoms with van der Waals surface area (Å²) in [6, 6.07) is 9.47. The van der Waals surface area contributed by atoms with Crippen LogP contribution in [-0.2, 0) is 0 Å². The van der Waals surface area contributed by atoms with E-state index in [9.17, 15) is 5.21 Å². The fourth-order valence-electron chi connectivity index (χ4n) is 2.21. The number of oxime groups is 1. The lowest BCUT2D eigenvalue weighted by Gasteiger charge is -2.23. The molecule has 1 N–H and O–H groups in total. The van der Waals surface area contributed by atoms with E-state index in [1.54, 1.807) is 4.68 Å². The molecular formula is C13H13N5OS. The van der Waals surface area contributed by atoms with Crippen LogP contribution < -0.4 is 0 Å². The molecule has 0 saturated heterocycles. The maximum absolute atomic E-state index is 9.32. The first-order valence-corrected chi connectivity index (χ1v) is 7.30. The van der Waals surface area contributed by atoms with Crippen molar-refractivity contribution in [3.8, 4) is 0 Å². The SMILES string of the molecule is CSc1nc2n(n1)C(c1ccccc1)C(=NO)C(C)=N2. The summed E-state index contributed by atoms with van der Waals surface area (Å²) < 4.78 is 1.70. The molecule has 102 valence electrons. The fourth-order valence-corrected chi connectivity index (χ4v) is 2.56. The Morgan fingerprint density at radius 2 is 2.05 bits per heavy atom. The van der Waals surface area contributed by atoms with Crippen molar-refractivity contribution >= 4 is 29.1 Å². The number of aromatic nitrogens is 3. The maximum Gasteiger partial charge on any atom is 0.250 e. The summed E-state index contributed by atoms with van der Waals surface area (Å²) in [5.41, 5.74) is 2.11. The molecule has 0 fully saturated rings. The Kier molecular flexibility index (Phi) is 3.27. The van der Waals surface area contributed by atoms with E-state index in [-0.39, 0.29) is 6.04 Å². The highest BCUT2D eigenvalue weighted by molar-refractivity contribution is 7.98. The number of aliphatic imine (C=N–C) groups is 1. The largest absolute Gasteiger partial charge is 0.411 e. The van der Waals surface area contributed by atoms with Gasteiger partial charge in [0.25, 0.3) is 0 Å². The number of hydrogen-bond acceptors (Lipinski definition) is 6. The molecule has 7 heteroatoms. The van der Waals surface area contributed by atoms with Crippen molar-refractivity contribution < 1.29 is 5.21 Å². The summed E-state index contributed by atoms with van der Waals surface area (Å²) in [6.07, 6.45) is 1.91. The number of hydrogen-bond donors (Lipinski definition) is 1. The molecule has 0 aliphatic carbocycles. The zero-order valence-corrected chi connectivity index (χ0v) is 11.9. The van der Waals surface area contributed by atoms with Crippen molar-refractivity contribution in [1.29, 1.82) is 0 Å². The Morgan fingerprint density at radius 1 is 1.30 bits per heavy atom. The van der Waals surface area contributed by atoms with Gasteiger partial charge in [-0.2, -0.15) is 4.98 Å². The second kappa shape index (κ2) is 5.09. The minimum absolute atomic E-state index is 0.304. The van der Waals surface area contributed by atoms with Gasteiger partial charge in [0.2, 0.25) is 11.1 Å². The van der Waals surface area contributed by atoms with Gasteiger partial charge in [-0.1, -0.05) is 47.2 Å². The van der Waals surface area contributed by atoms with Crippen molar-refractivity contribution in [3.05, 3.63) is 35.9 Å². The summed E-state index contributed by atoms with van der Waals surface area (Å²) in [6.45, 7) is 1.81. The molecule has 2 heterocycles. The van der Waals surface area contributed by atoms with Gasteiger partial charge in [-0.15, -0.1) is 5.10 Å². The standard InChI is InChI=1S/C13H13N5OS/c1-8-10(17-19)11(9-6-4-3-5-7-9)18-12(14-8)15-13(16-18)20-2/h3-7,11,19H,1-2H3. The number of benzene rings is 1. The Bertz CT molecular complexity index is 692. The van der Waals surface area contributed by atoms with E-state index < -0.39 is 0 Å². The van der Waals surface area contributed by atoms with Crippen LogP contribution in [0.4, 0.5) is 5.95 Å².